The summed E-state index contributed by atoms with van der Waals surface area (Å²) in [4.78, 5) is 31.5. The van der Waals surface area contributed by atoms with Crippen molar-refractivity contribution >= 4 is 11.7 Å². The summed E-state index contributed by atoms with van der Waals surface area (Å²) in [6.07, 6.45) is 4.35. The lowest BCUT2D eigenvalue weighted by atomic mass is 9.77. The van der Waals surface area contributed by atoms with E-state index in [0.29, 0.717) is 23.6 Å². The fraction of sp³-hybridized carbons (Fsp3) is 0.615. The molecule has 1 amide bonds. The predicted molar refractivity (Wildman–Crippen MR) is 125 cm³/mol. The molecule has 0 aromatic heterocycles. The summed E-state index contributed by atoms with van der Waals surface area (Å²) in [6.45, 7) is 4.75. The van der Waals surface area contributed by atoms with Crippen molar-refractivity contribution in [1.82, 2.24) is 9.80 Å². The van der Waals surface area contributed by atoms with Crippen LogP contribution in [0.25, 0.3) is 0 Å². The average molecular weight is 471 g/mol. The van der Waals surface area contributed by atoms with Gasteiger partial charge in [0.1, 0.15) is 6.10 Å². The van der Waals surface area contributed by atoms with Gasteiger partial charge in [0.2, 0.25) is 0 Å². The fourth-order valence-electron chi connectivity index (χ4n) is 5.78. The van der Waals surface area contributed by atoms with E-state index < -0.39 is 6.04 Å². The SMILES string of the molecule is COc1ccc(C2C3=C(OC4CCCCC4C3=O)C(=O)N2CCCN2CCOCC2)cc1OC. The first-order chi connectivity index (χ1) is 16.6. The Kier molecular flexibility index (Phi) is 6.79. The molecule has 2 fully saturated rings. The molecule has 4 aliphatic rings. The summed E-state index contributed by atoms with van der Waals surface area (Å²) in [6, 6.07) is 5.16. The summed E-state index contributed by atoms with van der Waals surface area (Å²) in [5.74, 6) is 1.20. The first-order valence-electron chi connectivity index (χ1n) is 12.4. The summed E-state index contributed by atoms with van der Waals surface area (Å²) < 4.78 is 22.6. The largest absolute Gasteiger partial charge is 0.493 e. The number of amides is 1. The lowest BCUT2D eigenvalue weighted by Crippen LogP contribution is -2.39. The molecule has 0 spiro atoms. The minimum Gasteiger partial charge on any atom is -0.493 e. The van der Waals surface area contributed by atoms with Crippen LogP contribution in [0.1, 0.15) is 43.7 Å². The summed E-state index contributed by atoms with van der Waals surface area (Å²) in [7, 11) is 3.19. The van der Waals surface area contributed by atoms with Crippen molar-refractivity contribution in [3.05, 3.63) is 35.1 Å². The van der Waals surface area contributed by atoms with Crippen LogP contribution in [0.3, 0.4) is 0 Å². The summed E-state index contributed by atoms with van der Waals surface area (Å²) >= 11 is 0. The van der Waals surface area contributed by atoms with Crippen LogP contribution < -0.4 is 9.47 Å². The van der Waals surface area contributed by atoms with Gasteiger partial charge in [-0.05, 0) is 43.4 Å². The molecule has 5 rings (SSSR count). The van der Waals surface area contributed by atoms with E-state index in [4.69, 9.17) is 18.9 Å². The zero-order chi connectivity index (χ0) is 23.7. The van der Waals surface area contributed by atoms with E-state index in [9.17, 15) is 9.59 Å². The minimum absolute atomic E-state index is 0.0785. The molecule has 0 bridgehead atoms. The molecule has 3 atom stereocenters. The highest BCUT2D eigenvalue weighted by atomic mass is 16.5. The molecule has 3 aliphatic heterocycles. The molecule has 1 saturated heterocycles. The topological polar surface area (TPSA) is 77.5 Å². The van der Waals surface area contributed by atoms with Gasteiger partial charge in [-0.2, -0.15) is 0 Å². The normalized spacial score (nSPS) is 27.4. The third-order valence-electron chi connectivity index (χ3n) is 7.56. The highest BCUT2D eigenvalue weighted by Gasteiger charge is 2.51. The zero-order valence-electron chi connectivity index (χ0n) is 20.1. The van der Waals surface area contributed by atoms with Gasteiger partial charge >= 0.3 is 0 Å². The van der Waals surface area contributed by atoms with Crippen molar-refractivity contribution < 1.29 is 28.5 Å². The minimum atomic E-state index is -0.470. The molecule has 3 unspecified atom stereocenters. The quantitative estimate of drug-likeness (QED) is 0.606. The number of benzene rings is 1. The third kappa shape index (κ3) is 4.18. The maximum absolute atomic E-state index is 13.7. The second-order valence-corrected chi connectivity index (χ2v) is 9.48. The number of Topliss-reactive ketones (excluding diaryl/α,β-unsaturated/α-hetero) is 1. The molecule has 1 aliphatic carbocycles. The Morgan fingerprint density at radius 2 is 1.76 bits per heavy atom. The van der Waals surface area contributed by atoms with Gasteiger partial charge in [-0.1, -0.05) is 12.5 Å². The number of rotatable bonds is 7. The molecular formula is C26H34N2O6. The average Bonchev–Trinajstić information content (AvgIpc) is 3.16. The van der Waals surface area contributed by atoms with Crippen molar-refractivity contribution in [2.45, 2.75) is 44.2 Å². The van der Waals surface area contributed by atoms with Crippen LogP contribution in [-0.2, 0) is 19.1 Å². The molecule has 1 aromatic carbocycles. The highest BCUT2D eigenvalue weighted by Crippen LogP contribution is 2.47. The van der Waals surface area contributed by atoms with Crippen LogP contribution in [0.5, 0.6) is 11.5 Å². The fourth-order valence-corrected chi connectivity index (χ4v) is 5.78. The number of methoxy groups -OCH3 is 2. The van der Waals surface area contributed by atoms with Crippen molar-refractivity contribution in [3.8, 4) is 11.5 Å². The Hall–Kier alpha value is -2.58. The molecule has 1 saturated carbocycles. The maximum atomic E-state index is 13.7. The number of hydrogen-bond acceptors (Lipinski definition) is 7. The van der Waals surface area contributed by atoms with E-state index in [1.807, 2.05) is 23.1 Å². The van der Waals surface area contributed by atoms with Gasteiger partial charge in [-0.15, -0.1) is 0 Å². The van der Waals surface area contributed by atoms with Gasteiger partial charge in [0.15, 0.2) is 23.0 Å². The Morgan fingerprint density at radius 3 is 2.53 bits per heavy atom. The van der Waals surface area contributed by atoms with E-state index in [2.05, 4.69) is 4.90 Å². The molecule has 3 heterocycles. The van der Waals surface area contributed by atoms with Crippen LogP contribution in [0.2, 0.25) is 0 Å². The number of hydrogen-bond donors (Lipinski definition) is 0. The standard InChI is InChI=1S/C26H34N2O6/c1-31-20-9-8-17(16-21(20)32-2)23-22-24(29)18-6-3-4-7-19(18)34-25(22)26(30)28(23)11-5-10-27-12-14-33-15-13-27/h8-9,16,18-19,23H,3-7,10-15H2,1-2H3. The Bertz CT molecular complexity index is 970. The third-order valence-corrected chi connectivity index (χ3v) is 7.56. The predicted octanol–water partition coefficient (Wildman–Crippen LogP) is 2.72. The van der Waals surface area contributed by atoms with Gasteiger partial charge in [-0.3, -0.25) is 14.5 Å². The van der Waals surface area contributed by atoms with Gasteiger partial charge in [0.25, 0.3) is 5.91 Å². The zero-order valence-corrected chi connectivity index (χ0v) is 20.1. The van der Waals surface area contributed by atoms with E-state index in [-0.39, 0.29) is 29.5 Å². The summed E-state index contributed by atoms with van der Waals surface area (Å²) in [5, 5.41) is 0. The highest BCUT2D eigenvalue weighted by molar-refractivity contribution is 6.11. The molecule has 34 heavy (non-hydrogen) atoms. The Balaban J connectivity index is 1.45. The van der Waals surface area contributed by atoms with Crippen molar-refractivity contribution in [2.75, 3.05) is 53.6 Å². The van der Waals surface area contributed by atoms with Gasteiger partial charge in [-0.25, -0.2) is 0 Å². The molecule has 0 N–H and O–H groups in total. The van der Waals surface area contributed by atoms with E-state index >= 15 is 0 Å². The van der Waals surface area contributed by atoms with Crippen LogP contribution >= 0.6 is 0 Å². The number of carbonyl (C=O) groups is 2. The summed E-state index contributed by atoms with van der Waals surface area (Å²) in [5.41, 5.74) is 1.36. The second kappa shape index (κ2) is 9.96. The molecular weight excluding hydrogens is 436 g/mol. The first-order valence-corrected chi connectivity index (χ1v) is 12.4. The lowest BCUT2D eigenvalue weighted by Gasteiger charge is -2.35. The van der Waals surface area contributed by atoms with Crippen LogP contribution in [0, 0.1) is 5.92 Å². The van der Waals surface area contributed by atoms with Gasteiger partial charge < -0.3 is 23.8 Å². The maximum Gasteiger partial charge on any atom is 0.290 e. The van der Waals surface area contributed by atoms with E-state index in [0.717, 1.165) is 70.5 Å². The molecule has 0 radical (unpaired) electrons. The molecule has 1 aromatic rings. The Morgan fingerprint density at radius 1 is 1.00 bits per heavy atom. The second-order valence-electron chi connectivity index (χ2n) is 9.48. The number of nitrogens with zero attached hydrogens (tertiary/aromatic N) is 2. The van der Waals surface area contributed by atoms with Gasteiger partial charge in [0, 0.05) is 26.2 Å². The molecule has 184 valence electrons. The molecule has 8 heteroatoms. The lowest BCUT2D eigenvalue weighted by molar-refractivity contribution is -0.135. The molecule has 8 nitrogen and oxygen atoms in total. The number of ketones is 1. The van der Waals surface area contributed by atoms with Crippen molar-refractivity contribution in [2.24, 2.45) is 5.92 Å². The number of fused-ring (bicyclic) bond motifs is 1. The number of ether oxygens (including phenoxy) is 4. The first kappa shape index (κ1) is 23.2. The van der Waals surface area contributed by atoms with Crippen molar-refractivity contribution in [3.63, 3.8) is 0 Å². The number of morpholine rings is 1. The monoisotopic (exact) mass is 470 g/mol. The Labute approximate surface area is 200 Å². The van der Waals surface area contributed by atoms with Crippen LogP contribution in [-0.4, -0.2) is 81.2 Å². The van der Waals surface area contributed by atoms with E-state index in [1.165, 1.54) is 0 Å². The van der Waals surface area contributed by atoms with Crippen LogP contribution in [0.15, 0.2) is 29.5 Å². The van der Waals surface area contributed by atoms with Gasteiger partial charge in [0.05, 0.1) is 45.0 Å². The van der Waals surface area contributed by atoms with E-state index in [1.54, 1.807) is 14.2 Å². The van der Waals surface area contributed by atoms with Crippen molar-refractivity contribution in [1.29, 1.82) is 0 Å². The van der Waals surface area contributed by atoms with Crippen LogP contribution in [0.4, 0.5) is 0 Å². The smallest absolute Gasteiger partial charge is 0.290 e. The number of carbonyl (C=O) groups excluding carboxylic acids is 2.